The number of benzene rings is 2. The van der Waals surface area contributed by atoms with Crippen LogP contribution < -0.4 is 0 Å². The highest BCUT2D eigenvalue weighted by Gasteiger charge is 2.07. The molecule has 15 heavy (non-hydrogen) atoms. The molecule has 0 unspecified atom stereocenters. The molecule has 1 radical (unpaired) electrons. The first kappa shape index (κ1) is 9.46. The van der Waals surface area contributed by atoms with Gasteiger partial charge in [0.1, 0.15) is 5.75 Å². The molecule has 2 aromatic rings. The Morgan fingerprint density at radius 1 is 1.13 bits per heavy atom. The summed E-state index contributed by atoms with van der Waals surface area (Å²) in [5.74, 6) is 0.0892. The van der Waals surface area contributed by atoms with E-state index in [4.69, 9.17) is 5.41 Å². The number of phenols is 1. The maximum absolute atomic E-state index is 9.57. The van der Waals surface area contributed by atoms with Crippen molar-refractivity contribution in [3.05, 3.63) is 65.7 Å². The van der Waals surface area contributed by atoms with E-state index >= 15 is 0 Å². The van der Waals surface area contributed by atoms with Crippen LogP contribution in [0.2, 0.25) is 0 Å². The Kier molecular flexibility index (Phi) is 2.50. The lowest BCUT2D eigenvalue weighted by Crippen LogP contribution is -2.00. The molecule has 0 fully saturated rings. The normalized spacial score (nSPS) is 9.87. The third kappa shape index (κ3) is 1.89. The molecule has 0 aromatic heterocycles. The lowest BCUT2D eigenvalue weighted by molar-refractivity contribution is 0.474. The molecule has 73 valence electrons. The van der Waals surface area contributed by atoms with Crippen LogP contribution in [0.4, 0.5) is 0 Å². The van der Waals surface area contributed by atoms with Gasteiger partial charge in [0.05, 0.1) is 5.71 Å². The first-order chi connectivity index (χ1) is 7.29. The summed E-state index contributed by atoms with van der Waals surface area (Å²) in [4.78, 5) is 0. The highest BCUT2D eigenvalue weighted by atomic mass is 16.3. The Morgan fingerprint density at radius 2 is 1.87 bits per heavy atom. The average Bonchev–Trinajstić information content (AvgIpc) is 2.30. The Labute approximate surface area is 88.3 Å². The zero-order valence-electron chi connectivity index (χ0n) is 8.07. The first-order valence-corrected chi connectivity index (χ1v) is 4.62. The van der Waals surface area contributed by atoms with Crippen molar-refractivity contribution in [3.8, 4) is 5.75 Å². The van der Waals surface area contributed by atoms with Crippen molar-refractivity contribution in [2.24, 2.45) is 0 Å². The number of phenolic OH excluding ortho intramolecular Hbond substituents is 1. The summed E-state index contributed by atoms with van der Waals surface area (Å²) in [5, 5.41) is 17.5. The summed E-state index contributed by atoms with van der Waals surface area (Å²) in [6, 6.07) is 16.9. The monoisotopic (exact) mass is 196 g/mol. The summed E-state index contributed by atoms with van der Waals surface area (Å²) in [6.07, 6.45) is 0. The molecule has 0 saturated carbocycles. The number of nitrogens with one attached hydrogen (secondary N) is 1. The van der Waals surface area contributed by atoms with E-state index in [1.165, 1.54) is 6.07 Å². The van der Waals surface area contributed by atoms with Crippen LogP contribution in [0.1, 0.15) is 11.1 Å². The second-order valence-electron chi connectivity index (χ2n) is 3.18. The SMILES string of the molecule is N=C(c1ccccc1)c1cc[c]cc1O. The van der Waals surface area contributed by atoms with E-state index < -0.39 is 0 Å². The molecule has 2 nitrogen and oxygen atoms in total. The quantitative estimate of drug-likeness (QED) is 0.712. The average molecular weight is 196 g/mol. The van der Waals surface area contributed by atoms with Crippen LogP contribution in [-0.4, -0.2) is 10.8 Å². The van der Waals surface area contributed by atoms with Crippen molar-refractivity contribution in [1.82, 2.24) is 0 Å². The second kappa shape index (κ2) is 3.96. The lowest BCUT2D eigenvalue weighted by atomic mass is 10.0. The Morgan fingerprint density at radius 3 is 2.53 bits per heavy atom. The molecule has 2 N–H and O–H groups in total. The standard InChI is InChI=1S/C13H10NO/c14-13(10-6-2-1-3-7-10)11-8-4-5-9-12(11)15/h1-4,6-9,14-15H. The molecular formula is C13H10NO. The smallest absolute Gasteiger partial charge is 0.125 e. The van der Waals surface area contributed by atoms with Gasteiger partial charge in [-0.1, -0.05) is 36.4 Å². The highest BCUT2D eigenvalue weighted by Crippen LogP contribution is 2.19. The van der Waals surface area contributed by atoms with Gasteiger partial charge >= 0.3 is 0 Å². The van der Waals surface area contributed by atoms with Gasteiger partial charge in [-0.15, -0.1) is 0 Å². The summed E-state index contributed by atoms with van der Waals surface area (Å²) in [7, 11) is 0. The fourth-order valence-electron chi connectivity index (χ4n) is 1.39. The summed E-state index contributed by atoms with van der Waals surface area (Å²) in [6.45, 7) is 0. The Hall–Kier alpha value is -2.09. The molecular weight excluding hydrogens is 186 g/mol. The minimum absolute atomic E-state index is 0.0892. The van der Waals surface area contributed by atoms with Gasteiger partial charge in [-0.2, -0.15) is 0 Å². The molecule has 2 aromatic carbocycles. The highest BCUT2D eigenvalue weighted by molar-refractivity contribution is 6.12. The molecule has 0 bridgehead atoms. The molecule has 0 heterocycles. The molecule has 0 spiro atoms. The van der Waals surface area contributed by atoms with Crippen LogP contribution in [0.25, 0.3) is 0 Å². The molecule has 0 atom stereocenters. The predicted octanol–water partition coefficient (Wildman–Crippen LogP) is 2.61. The molecule has 0 aliphatic rings. The van der Waals surface area contributed by atoms with Crippen molar-refractivity contribution < 1.29 is 5.11 Å². The lowest BCUT2D eigenvalue weighted by Gasteiger charge is -2.05. The maximum Gasteiger partial charge on any atom is 0.125 e. The Balaban J connectivity index is 2.42. The number of rotatable bonds is 2. The second-order valence-corrected chi connectivity index (χ2v) is 3.18. The van der Waals surface area contributed by atoms with Gasteiger partial charge < -0.3 is 5.11 Å². The third-order valence-corrected chi connectivity index (χ3v) is 2.17. The van der Waals surface area contributed by atoms with Crippen LogP contribution in [0.3, 0.4) is 0 Å². The number of hydrogen-bond acceptors (Lipinski definition) is 2. The van der Waals surface area contributed by atoms with Gasteiger partial charge in [0, 0.05) is 11.1 Å². The van der Waals surface area contributed by atoms with Gasteiger partial charge in [-0.25, -0.2) is 0 Å². The van der Waals surface area contributed by atoms with Gasteiger partial charge in [-0.3, -0.25) is 5.41 Å². The fraction of sp³-hybridized carbons (Fsp3) is 0. The topological polar surface area (TPSA) is 44.1 Å². The van der Waals surface area contributed by atoms with Gasteiger partial charge in [0.25, 0.3) is 0 Å². The van der Waals surface area contributed by atoms with Crippen LogP contribution in [0.5, 0.6) is 5.75 Å². The number of hydrogen-bond donors (Lipinski definition) is 2. The third-order valence-electron chi connectivity index (χ3n) is 2.17. The zero-order valence-corrected chi connectivity index (χ0v) is 8.07. The van der Waals surface area contributed by atoms with E-state index in [9.17, 15) is 5.11 Å². The van der Waals surface area contributed by atoms with Crippen molar-refractivity contribution in [3.63, 3.8) is 0 Å². The molecule has 0 saturated heterocycles. The van der Waals surface area contributed by atoms with Crippen molar-refractivity contribution >= 4 is 5.71 Å². The van der Waals surface area contributed by atoms with Crippen LogP contribution in [-0.2, 0) is 0 Å². The van der Waals surface area contributed by atoms with Crippen LogP contribution in [0.15, 0.2) is 48.5 Å². The van der Waals surface area contributed by atoms with Gasteiger partial charge in [0.2, 0.25) is 0 Å². The van der Waals surface area contributed by atoms with Crippen molar-refractivity contribution in [2.45, 2.75) is 0 Å². The summed E-state index contributed by atoms with van der Waals surface area (Å²) >= 11 is 0. The largest absolute Gasteiger partial charge is 0.507 e. The first-order valence-electron chi connectivity index (χ1n) is 4.62. The van der Waals surface area contributed by atoms with Crippen LogP contribution >= 0.6 is 0 Å². The van der Waals surface area contributed by atoms with E-state index in [0.717, 1.165) is 5.56 Å². The summed E-state index contributed by atoms with van der Waals surface area (Å²) in [5.41, 5.74) is 1.64. The van der Waals surface area contributed by atoms with E-state index in [-0.39, 0.29) is 5.75 Å². The van der Waals surface area contributed by atoms with Crippen LogP contribution in [0, 0.1) is 11.5 Å². The Bertz CT molecular complexity index is 477. The molecule has 0 amide bonds. The zero-order chi connectivity index (χ0) is 10.7. The van der Waals surface area contributed by atoms with E-state index in [0.29, 0.717) is 11.3 Å². The molecule has 2 heteroatoms. The predicted molar refractivity (Wildman–Crippen MR) is 59.3 cm³/mol. The van der Waals surface area contributed by atoms with E-state index in [2.05, 4.69) is 6.07 Å². The van der Waals surface area contributed by atoms with Crippen molar-refractivity contribution in [2.75, 3.05) is 0 Å². The maximum atomic E-state index is 9.57. The molecule has 0 aliphatic carbocycles. The van der Waals surface area contributed by atoms with Crippen molar-refractivity contribution in [1.29, 1.82) is 5.41 Å². The fourth-order valence-corrected chi connectivity index (χ4v) is 1.39. The van der Waals surface area contributed by atoms with Gasteiger partial charge in [0.15, 0.2) is 0 Å². The minimum Gasteiger partial charge on any atom is -0.507 e. The van der Waals surface area contributed by atoms with E-state index in [1.54, 1.807) is 12.1 Å². The molecule has 2 rings (SSSR count). The number of aromatic hydroxyl groups is 1. The minimum atomic E-state index is 0.0892. The summed E-state index contributed by atoms with van der Waals surface area (Å²) < 4.78 is 0. The van der Waals surface area contributed by atoms with Gasteiger partial charge in [-0.05, 0) is 18.2 Å². The van der Waals surface area contributed by atoms with E-state index in [1.807, 2.05) is 30.3 Å². The molecule has 0 aliphatic heterocycles.